The molecule has 0 amide bonds. The van der Waals surface area contributed by atoms with Gasteiger partial charge in [-0.15, -0.1) is 0 Å². The maximum Gasteiger partial charge on any atom is 0.138 e. The van der Waals surface area contributed by atoms with Gasteiger partial charge in [0.05, 0.1) is 10.7 Å². The Bertz CT molecular complexity index is 364. The van der Waals surface area contributed by atoms with E-state index in [1.165, 1.54) is 0 Å². The van der Waals surface area contributed by atoms with E-state index in [1.54, 1.807) is 23.4 Å². The Labute approximate surface area is 99.7 Å². The Kier molecular flexibility index (Phi) is 3.95. The molecule has 0 aliphatic carbocycles. The Morgan fingerprint density at radius 3 is 2.57 bits per heavy atom. The van der Waals surface area contributed by atoms with E-state index >= 15 is 0 Å². The number of benzene rings is 1. The molecule has 0 spiro atoms. The molecule has 0 aromatic heterocycles. The first-order chi connectivity index (χ1) is 6.50. The Balaban J connectivity index is 3.08. The molecule has 0 aliphatic rings. The van der Waals surface area contributed by atoms with Gasteiger partial charge in [0.2, 0.25) is 0 Å². The summed E-state index contributed by atoms with van der Waals surface area (Å²) in [5, 5.41) is 15.4. The van der Waals surface area contributed by atoms with Gasteiger partial charge in [0.15, 0.2) is 0 Å². The monoisotopic (exact) mass is 320 g/mol. The molecule has 0 atom stereocenters. The molecule has 1 aromatic rings. The standard InChI is InChI=1S/C9H10Br2N2O/c1-13(2)12-5-6-3-7(10)4-8(11)9(6)14/h3-5,14H,1-2H3/b12-5+. The number of aromatic hydroxyl groups is 1. The molecule has 0 heterocycles. The van der Waals surface area contributed by atoms with Crippen LogP contribution in [0.2, 0.25) is 0 Å². The summed E-state index contributed by atoms with van der Waals surface area (Å²) in [6, 6.07) is 3.58. The number of hydrogen-bond donors (Lipinski definition) is 1. The normalized spacial score (nSPS) is 10.9. The maximum atomic E-state index is 9.66. The molecule has 5 heteroatoms. The summed E-state index contributed by atoms with van der Waals surface area (Å²) in [6.45, 7) is 0. The van der Waals surface area contributed by atoms with Crippen molar-refractivity contribution < 1.29 is 5.11 Å². The lowest BCUT2D eigenvalue weighted by Crippen LogP contribution is -2.02. The fourth-order valence-electron chi connectivity index (χ4n) is 0.862. The van der Waals surface area contributed by atoms with E-state index in [1.807, 2.05) is 14.1 Å². The van der Waals surface area contributed by atoms with E-state index in [0.29, 0.717) is 10.0 Å². The largest absolute Gasteiger partial charge is 0.506 e. The molecule has 14 heavy (non-hydrogen) atoms. The number of phenols is 1. The lowest BCUT2D eigenvalue weighted by atomic mass is 10.2. The molecule has 1 N–H and O–H groups in total. The minimum absolute atomic E-state index is 0.193. The number of rotatable bonds is 2. The van der Waals surface area contributed by atoms with Gasteiger partial charge in [-0.2, -0.15) is 5.10 Å². The third-order valence-corrected chi connectivity index (χ3v) is 2.55. The lowest BCUT2D eigenvalue weighted by molar-refractivity contribution is 0.439. The highest BCUT2D eigenvalue weighted by Gasteiger charge is 2.04. The Morgan fingerprint density at radius 1 is 1.36 bits per heavy atom. The molecular weight excluding hydrogens is 312 g/mol. The number of phenolic OH excluding ortho intramolecular Hbond substituents is 1. The van der Waals surface area contributed by atoms with E-state index in [4.69, 9.17) is 0 Å². The Morgan fingerprint density at radius 2 is 2.00 bits per heavy atom. The van der Waals surface area contributed by atoms with Crippen molar-refractivity contribution in [3.63, 3.8) is 0 Å². The van der Waals surface area contributed by atoms with Crippen molar-refractivity contribution in [2.45, 2.75) is 0 Å². The van der Waals surface area contributed by atoms with Crippen LogP contribution < -0.4 is 0 Å². The van der Waals surface area contributed by atoms with Gasteiger partial charge < -0.3 is 10.1 Å². The summed E-state index contributed by atoms with van der Waals surface area (Å²) in [7, 11) is 3.64. The number of hydrazone groups is 1. The molecule has 0 saturated heterocycles. The average Bonchev–Trinajstić information content (AvgIpc) is 2.08. The second kappa shape index (κ2) is 4.79. The summed E-state index contributed by atoms with van der Waals surface area (Å²) < 4.78 is 1.54. The van der Waals surface area contributed by atoms with Crippen molar-refractivity contribution in [3.8, 4) is 5.75 Å². The van der Waals surface area contributed by atoms with E-state index in [9.17, 15) is 5.11 Å². The zero-order chi connectivity index (χ0) is 10.7. The smallest absolute Gasteiger partial charge is 0.138 e. The van der Waals surface area contributed by atoms with Crippen LogP contribution in [0.3, 0.4) is 0 Å². The fraction of sp³-hybridized carbons (Fsp3) is 0.222. The molecule has 0 fully saturated rings. The number of halogens is 2. The zero-order valence-corrected chi connectivity index (χ0v) is 11.0. The Hall–Kier alpha value is -0.550. The first-order valence-corrected chi connectivity index (χ1v) is 5.48. The second-order valence-electron chi connectivity index (χ2n) is 2.92. The summed E-state index contributed by atoms with van der Waals surface area (Å²) in [5.74, 6) is 0.193. The molecule has 0 unspecified atom stereocenters. The van der Waals surface area contributed by atoms with Crippen LogP contribution in [0.1, 0.15) is 5.56 Å². The minimum Gasteiger partial charge on any atom is -0.506 e. The van der Waals surface area contributed by atoms with Gasteiger partial charge in [0.1, 0.15) is 5.75 Å². The van der Waals surface area contributed by atoms with Crippen LogP contribution in [0.25, 0.3) is 0 Å². The molecule has 0 saturated carbocycles. The quantitative estimate of drug-likeness (QED) is 0.671. The van der Waals surface area contributed by atoms with Crippen LogP contribution in [0, 0.1) is 0 Å². The minimum atomic E-state index is 0.193. The zero-order valence-electron chi connectivity index (χ0n) is 7.83. The first-order valence-electron chi connectivity index (χ1n) is 3.90. The van der Waals surface area contributed by atoms with Gasteiger partial charge >= 0.3 is 0 Å². The van der Waals surface area contributed by atoms with Crippen molar-refractivity contribution >= 4 is 38.1 Å². The topological polar surface area (TPSA) is 35.8 Å². The van der Waals surface area contributed by atoms with Crippen LogP contribution >= 0.6 is 31.9 Å². The average molecular weight is 322 g/mol. The molecule has 1 aromatic carbocycles. The van der Waals surface area contributed by atoms with E-state index in [-0.39, 0.29) is 5.75 Å². The molecule has 3 nitrogen and oxygen atoms in total. The van der Waals surface area contributed by atoms with Gasteiger partial charge in [-0.05, 0) is 28.1 Å². The maximum absolute atomic E-state index is 9.66. The molecule has 0 radical (unpaired) electrons. The molecule has 76 valence electrons. The van der Waals surface area contributed by atoms with Crippen LogP contribution in [0.15, 0.2) is 26.2 Å². The third kappa shape index (κ3) is 2.99. The van der Waals surface area contributed by atoms with Gasteiger partial charge in [0.25, 0.3) is 0 Å². The summed E-state index contributed by atoms with van der Waals surface area (Å²) >= 11 is 6.59. The van der Waals surface area contributed by atoms with Gasteiger partial charge in [-0.3, -0.25) is 0 Å². The fourth-order valence-corrected chi connectivity index (χ4v) is 2.12. The summed E-state index contributed by atoms with van der Waals surface area (Å²) in [5.41, 5.74) is 0.667. The van der Waals surface area contributed by atoms with E-state index in [0.717, 1.165) is 4.47 Å². The van der Waals surface area contributed by atoms with Crippen molar-refractivity contribution in [1.29, 1.82) is 0 Å². The molecular formula is C9H10Br2N2O. The molecule has 1 rings (SSSR count). The summed E-state index contributed by atoms with van der Waals surface area (Å²) in [4.78, 5) is 0. The number of nitrogens with zero attached hydrogens (tertiary/aromatic N) is 2. The highest BCUT2D eigenvalue weighted by Crippen LogP contribution is 2.30. The van der Waals surface area contributed by atoms with Gasteiger partial charge in [-0.1, -0.05) is 15.9 Å². The highest BCUT2D eigenvalue weighted by atomic mass is 79.9. The van der Waals surface area contributed by atoms with E-state index in [2.05, 4.69) is 37.0 Å². The highest BCUT2D eigenvalue weighted by molar-refractivity contribution is 9.11. The van der Waals surface area contributed by atoms with Crippen LogP contribution in [-0.4, -0.2) is 30.4 Å². The number of hydrogen-bond acceptors (Lipinski definition) is 3. The van der Waals surface area contributed by atoms with Crippen molar-refractivity contribution in [2.24, 2.45) is 5.10 Å². The third-order valence-electron chi connectivity index (χ3n) is 1.49. The van der Waals surface area contributed by atoms with Crippen LogP contribution in [0.4, 0.5) is 0 Å². The van der Waals surface area contributed by atoms with Crippen molar-refractivity contribution in [3.05, 3.63) is 26.6 Å². The van der Waals surface area contributed by atoms with Gasteiger partial charge in [-0.25, -0.2) is 0 Å². The summed E-state index contributed by atoms with van der Waals surface area (Å²) in [6.07, 6.45) is 1.60. The van der Waals surface area contributed by atoms with Crippen LogP contribution in [-0.2, 0) is 0 Å². The first kappa shape index (κ1) is 11.5. The predicted molar refractivity (Wildman–Crippen MR) is 64.8 cm³/mol. The van der Waals surface area contributed by atoms with Crippen LogP contribution in [0.5, 0.6) is 5.75 Å². The molecule has 0 aliphatic heterocycles. The predicted octanol–water partition coefficient (Wildman–Crippen LogP) is 2.81. The van der Waals surface area contributed by atoms with Crippen molar-refractivity contribution in [2.75, 3.05) is 14.1 Å². The van der Waals surface area contributed by atoms with Crippen molar-refractivity contribution in [1.82, 2.24) is 5.01 Å². The second-order valence-corrected chi connectivity index (χ2v) is 4.69. The van der Waals surface area contributed by atoms with Gasteiger partial charge in [0, 0.05) is 24.1 Å². The van der Waals surface area contributed by atoms with E-state index < -0.39 is 0 Å². The lowest BCUT2D eigenvalue weighted by Gasteiger charge is -2.05. The molecule has 0 bridgehead atoms. The SMILES string of the molecule is CN(C)/N=C/c1cc(Br)cc(Br)c1O.